The number of aliphatic hydroxyl groups excluding tert-OH is 1. The Morgan fingerprint density at radius 1 is 1.33 bits per heavy atom. The molecule has 1 aliphatic carbocycles. The van der Waals surface area contributed by atoms with Gasteiger partial charge in [-0.25, -0.2) is 0 Å². The van der Waals surface area contributed by atoms with Gasteiger partial charge in [-0.05, 0) is 24.1 Å². The molecule has 0 saturated heterocycles. The third kappa shape index (κ3) is 4.02. The van der Waals surface area contributed by atoms with Crippen LogP contribution >= 0.6 is 35.0 Å². The molecule has 0 heterocycles. The largest absolute Gasteiger partial charge is 0.511 e. The van der Waals surface area contributed by atoms with Gasteiger partial charge in [0.15, 0.2) is 5.78 Å². The van der Waals surface area contributed by atoms with E-state index in [4.69, 9.17) is 23.2 Å². The summed E-state index contributed by atoms with van der Waals surface area (Å²) in [4.78, 5) is 16.1. The summed E-state index contributed by atoms with van der Waals surface area (Å²) in [7, 11) is 1.62. The third-order valence-corrected chi connectivity index (χ3v) is 5.04. The van der Waals surface area contributed by atoms with Gasteiger partial charge in [0, 0.05) is 25.6 Å². The first-order valence-corrected chi connectivity index (χ1v) is 8.26. The number of hydrogen-bond donors (Lipinski definition) is 1. The fraction of sp³-hybridized carbons (Fsp3) is 0.333. The first-order valence-electron chi connectivity index (χ1n) is 6.52. The molecule has 1 aromatic carbocycles. The molecule has 21 heavy (non-hydrogen) atoms. The number of Topliss-reactive ketones (excluding diaryl/α,β-unsaturated/α-hetero) is 1. The van der Waals surface area contributed by atoms with Crippen LogP contribution in [0.25, 0.3) is 0 Å². The van der Waals surface area contributed by atoms with Crippen LogP contribution in [0.1, 0.15) is 24.8 Å². The van der Waals surface area contributed by atoms with Gasteiger partial charge in [-0.3, -0.25) is 9.79 Å². The number of hydrogen-bond acceptors (Lipinski definition) is 4. The zero-order valence-corrected chi connectivity index (χ0v) is 13.9. The minimum absolute atomic E-state index is 0.0408. The molecule has 0 aromatic heterocycles. The van der Waals surface area contributed by atoms with Crippen molar-refractivity contribution >= 4 is 45.8 Å². The fourth-order valence-electron chi connectivity index (χ4n) is 2.10. The lowest BCUT2D eigenvalue weighted by Gasteiger charge is -2.16. The van der Waals surface area contributed by atoms with E-state index in [2.05, 4.69) is 4.99 Å². The maximum atomic E-state index is 12.0. The second-order valence-electron chi connectivity index (χ2n) is 4.66. The number of ketones is 1. The summed E-state index contributed by atoms with van der Waals surface area (Å²) in [6.45, 7) is 0. The number of carbonyl (C=O) groups excluding carboxylic acids is 1. The predicted octanol–water partition coefficient (Wildman–Crippen LogP) is 4.82. The van der Waals surface area contributed by atoms with Crippen LogP contribution in [0.15, 0.2) is 34.5 Å². The van der Waals surface area contributed by atoms with Gasteiger partial charge in [0.1, 0.15) is 10.8 Å². The summed E-state index contributed by atoms with van der Waals surface area (Å²) in [5, 5.41) is 11.5. The number of nitrogens with zero attached hydrogens (tertiary/aromatic N) is 1. The molecule has 1 aliphatic rings. The van der Waals surface area contributed by atoms with Crippen LogP contribution in [-0.4, -0.2) is 23.0 Å². The number of halogens is 2. The third-order valence-electron chi connectivity index (χ3n) is 3.16. The highest BCUT2D eigenvalue weighted by molar-refractivity contribution is 8.13. The van der Waals surface area contributed by atoms with Crippen LogP contribution in [0.3, 0.4) is 0 Å². The zero-order valence-electron chi connectivity index (χ0n) is 11.5. The summed E-state index contributed by atoms with van der Waals surface area (Å²) in [6.07, 6.45) is 1.70. The molecule has 0 atom stereocenters. The Labute approximate surface area is 138 Å². The monoisotopic (exact) mass is 343 g/mol. The Kier molecular flexibility index (Phi) is 5.73. The Morgan fingerprint density at radius 3 is 2.71 bits per heavy atom. The summed E-state index contributed by atoms with van der Waals surface area (Å²) >= 11 is 13.3. The Hall–Kier alpha value is -0.970. The van der Waals surface area contributed by atoms with E-state index in [0.29, 0.717) is 45.7 Å². The van der Waals surface area contributed by atoms with Crippen LogP contribution in [0, 0.1) is 0 Å². The lowest BCUT2D eigenvalue weighted by atomic mass is 9.97. The number of benzene rings is 1. The van der Waals surface area contributed by atoms with Gasteiger partial charge in [-0.1, -0.05) is 29.3 Å². The molecule has 0 saturated carbocycles. The lowest BCUT2D eigenvalue weighted by molar-refractivity contribution is -0.115. The number of allylic oxidation sites excluding steroid dienone is 1. The smallest absolute Gasteiger partial charge is 0.168 e. The molecule has 0 spiro atoms. The molecule has 0 amide bonds. The van der Waals surface area contributed by atoms with Gasteiger partial charge in [-0.15, -0.1) is 11.8 Å². The Morgan fingerprint density at radius 2 is 2.10 bits per heavy atom. The van der Waals surface area contributed by atoms with Crippen molar-refractivity contribution in [2.75, 3.05) is 7.05 Å². The van der Waals surface area contributed by atoms with Crippen LogP contribution in [0.5, 0.6) is 0 Å². The number of carbonyl (C=O) groups is 1. The van der Waals surface area contributed by atoms with Crippen molar-refractivity contribution in [1.82, 2.24) is 0 Å². The van der Waals surface area contributed by atoms with Crippen molar-refractivity contribution in [1.29, 1.82) is 0 Å². The molecular formula is C15H15Cl2NO2S. The van der Waals surface area contributed by atoms with Gasteiger partial charge in [-0.2, -0.15) is 0 Å². The highest BCUT2D eigenvalue weighted by atomic mass is 35.5. The molecule has 0 unspecified atom stereocenters. The van der Waals surface area contributed by atoms with Gasteiger partial charge in [0.25, 0.3) is 0 Å². The fourth-order valence-corrected chi connectivity index (χ4v) is 3.41. The predicted molar refractivity (Wildman–Crippen MR) is 89.6 cm³/mol. The number of aliphatic hydroxyl groups is 1. The maximum absolute atomic E-state index is 12.0. The molecule has 1 N–H and O–H groups in total. The van der Waals surface area contributed by atoms with E-state index in [1.807, 2.05) is 6.07 Å². The summed E-state index contributed by atoms with van der Waals surface area (Å²) in [5.41, 5.74) is 1.35. The quantitative estimate of drug-likeness (QED) is 0.632. The average molecular weight is 344 g/mol. The van der Waals surface area contributed by atoms with E-state index < -0.39 is 0 Å². The molecule has 1 aromatic rings. The van der Waals surface area contributed by atoms with Crippen molar-refractivity contribution in [2.45, 2.75) is 25.0 Å². The average Bonchev–Trinajstić information content (AvgIpc) is 2.45. The number of thioether (sulfide) groups is 1. The summed E-state index contributed by atoms with van der Waals surface area (Å²) < 4.78 is 0. The van der Waals surface area contributed by atoms with E-state index in [0.717, 1.165) is 5.56 Å². The van der Waals surface area contributed by atoms with Gasteiger partial charge < -0.3 is 5.11 Å². The van der Waals surface area contributed by atoms with Crippen molar-refractivity contribution in [3.63, 3.8) is 0 Å². The Bertz CT molecular complexity index is 626. The van der Waals surface area contributed by atoms with E-state index in [-0.39, 0.29) is 11.5 Å². The van der Waals surface area contributed by atoms with Gasteiger partial charge in [0.05, 0.1) is 15.6 Å². The normalized spacial score (nSPS) is 16.5. The highest BCUT2D eigenvalue weighted by Gasteiger charge is 2.24. The first kappa shape index (κ1) is 16.4. The molecule has 6 heteroatoms. The molecule has 2 rings (SSSR count). The summed E-state index contributed by atoms with van der Waals surface area (Å²) in [6, 6.07) is 5.41. The van der Waals surface area contributed by atoms with E-state index in [9.17, 15) is 9.90 Å². The standard InChI is InChI=1S/C15H15Cl2NO2S/c1-18-15(14-12(19)3-2-4-13(14)20)21-8-9-5-6-10(16)11(17)7-9/h5-7,19H,2-4,8H2,1H3. The topological polar surface area (TPSA) is 49.7 Å². The first-order chi connectivity index (χ1) is 10.0. The molecule has 3 nitrogen and oxygen atoms in total. The SMILES string of the molecule is CN=C(SCc1ccc(Cl)c(Cl)c1)C1=C(O)CCCC1=O. The van der Waals surface area contributed by atoms with Crippen molar-refractivity contribution < 1.29 is 9.90 Å². The highest BCUT2D eigenvalue weighted by Crippen LogP contribution is 2.29. The van der Waals surface area contributed by atoms with E-state index in [1.54, 1.807) is 19.2 Å². The van der Waals surface area contributed by atoms with Crippen molar-refractivity contribution in [3.05, 3.63) is 45.1 Å². The minimum Gasteiger partial charge on any atom is -0.511 e. The van der Waals surface area contributed by atoms with E-state index >= 15 is 0 Å². The molecule has 0 bridgehead atoms. The minimum atomic E-state index is -0.0408. The maximum Gasteiger partial charge on any atom is 0.168 e. The van der Waals surface area contributed by atoms with Crippen LogP contribution < -0.4 is 0 Å². The van der Waals surface area contributed by atoms with Crippen LogP contribution in [0.2, 0.25) is 10.0 Å². The zero-order chi connectivity index (χ0) is 15.4. The molecular weight excluding hydrogens is 329 g/mol. The van der Waals surface area contributed by atoms with Crippen LogP contribution in [0.4, 0.5) is 0 Å². The van der Waals surface area contributed by atoms with Crippen molar-refractivity contribution in [2.24, 2.45) is 4.99 Å². The number of rotatable bonds is 3. The van der Waals surface area contributed by atoms with Gasteiger partial charge >= 0.3 is 0 Å². The lowest BCUT2D eigenvalue weighted by Crippen LogP contribution is -2.17. The molecule has 0 radical (unpaired) electrons. The second kappa shape index (κ2) is 7.34. The molecule has 0 fully saturated rings. The van der Waals surface area contributed by atoms with Crippen molar-refractivity contribution in [3.8, 4) is 0 Å². The number of aliphatic imine (C=N–C) groups is 1. The second-order valence-corrected chi connectivity index (χ2v) is 6.44. The molecule has 112 valence electrons. The molecule has 0 aliphatic heterocycles. The Balaban J connectivity index is 2.13. The van der Waals surface area contributed by atoms with E-state index in [1.165, 1.54) is 11.8 Å². The van der Waals surface area contributed by atoms with Crippen LogP contribution in [-0.2, 0) is 10.5 Å². The van der Waals surface area contributed by atoms with Gasteiger partial charge in [0.2, 0.25) is 0 Å². The summed E-state index contributed by atoms with van der Waals surface area (Å²) in [5.74, 6) is 0.711.